The lowest BCUT2D eigenvalue weighted by molar-refractivity contribution is 0.0976. The number of nitrogens with one attached hydrogen (secondary N) is 1. The molecule has 0 heterocycles. The molecule has 0 spiro atoms. The van der Waals surface area contributed by atoms with Crippen LogP contribution in [0.2, 0.25) is 0 Å². The van der Waals surface area contributed by atoms with Crippen LogP contribution in [0.1, 0.15) is 112 Å². The van der Waals surface area contributed by atoms with Gasteiger partial charge in [0.15, 0.2) is 11.6 Å². The van der Waals surface area contributed by atoms with Crippen LogP contribution < -0.4 is 5.32 Å². The van der Waals surface area contributed by atoms with Gasteiger partial charge in [-0.2, -0.15) is 0 Å². The fourth-order valence-electron chi connectivity index (χ4n) is 4.07. The Labute approximate surface area is 177 Å². The summed E-state index contributed by atoms with van der Waals surface area (Å²) in [5.41, 5.74) is 1.75. The molecule has 1 unspecified atom stereocenters. The number of carbonyl (C=O) groups is 2. The van der Waals surface area contributed by atoms with Gasteiger partial charge in [-0.3, -0.25) is 9.59 Å². The molecule has 1 N–H and O–H groups in total. The van der Waals surface area contributed by atoms with Gasteiger partial charge >= 0.3 is 0 Å². The van der Waals surface area contributed by atoms with Crippen LogP contribution in [0.25, 0.3) is 0 Å². The van der Waals surface area contributed by atoms with Gasteiger partial charge in [-0.05, 0) is 25.5 Å². The Balaban J connectivity index is 1.88. The molecule has 0 aromatic heterocycles. The number of rotatable bonds is 15. The van der Waals surface area contributed by atoms with Gasteiger partial charge in [0.1, 0.15) is 0 Å². The van der Waals surface area contributed by atoms with E-state index < -0.39 is 0 Å². The third-order valence-corrected chi connectivity index (χ3v) is 5.88. The van der Waals surface area contributed by atoms with E-state index in [-0.39, 0.29) is 17.6 Å². The minimum Gasteiger partial charge on any atom is -0.310 e. The Morgan fingerprint density at radius 1 is 0.759 bits per heavy atom. The first kappa shape index (κ1) is 23.5. The highest BCUT2D eigenvalue weighted by Gasteiger charge is 2.29. The molecular formula is C26H39NO2. The Bertz CT molecular complexity index is 677. The van der Waals surface area contributed by atoms with E-state index in [0.29, 0.717) is 16.7 Å². The third kappa shape index (κ3) is 7.54. The Hall–Kier alpha value is -1.74. The van der Waals surface area contributed by atoms with E-state index in [2.05, 4.69) is 19.2 Å². The fourth-order valence-corrected chi connectivity index (χ4v) is 4.07. The van der Waals surface area contributed by atoms with Crippen LogP contribution >= 0.6 is 0 Å². The second-order valence-electron chi connectivity index (χ2n) is 8.32. The molecule has 3 nitrogen and oxygen atoms in total. The van der Waals surface area contributed by atoms with E-state index in [1.54, 1.807) is 18.2 Å². The first-order valence-electron chi connectivity index (χ1n) is 11.8. The van der Waals surface area contributed by atoms with Crippen molar-refractivity contribution >= 4 is 11.6 Å². The first-order valence-corrected chi connectivity index (χ1v) is 11.8. The Morgan fingerprint density at radius 2 is 1.34 bits per heavy atom. The predicted molar refractivity (Wildman–Crippen MR) is 122 cm³/mol. The maximum absolute atomic E-state index is 13.0. The highest BCUT2D eigenvalue weighted by molar-refractivity contribution is 6.24. The number of hydrogen-bond acceptors (Lipinski definition) is 3. The van der Waals surface area contributed by atoms with E-state index in [9.17, 15) is 9.59 Å². The number of unbranched alkanes of at least 4 members (excludes halogenated alkanes) is 9. The number of Topliss-reactive ketones (excluding diaryl/α,β-unsaturated/α-hetero) is 1. The van der Waals surface area contributed by atoms with Crippen LogP contribution in [0.5, 0.6) is 0 Å². The molecule has 0 saturated heterocycles. The van der Waals surface area contributed by atoms with Crippen LogP contribution in [0.3, 0.4) is 0 Å². The largest absolute Gasteiger partial charge is 0.310 e. The topological polar surface area (TPSA) is 46.2 Å². The third-order valence-electron chi connectivity index (χ3n) is 5.88. The smallest absolute Gasteiger partial charge is 0.191 e. The summed E-state index contributed by atoms with van der Waals surface area (Å²) < 4.78 is 0. The monoisotopic (exact) mass is 397 g/mol. The van der Waals surface area contributed by atoms with Gasteiger partial charge in [0.05, 0.1) is 0 Å². The minimum absolute atomic E-state index is 0.0177. The molecule has 1 aromatic rings. The van der Waals surface area contributed by atoms with Crippen molar-refractivity contribution in [2.24, 2.45) is 0 Å². The molecule has 1 atom stereocenters. The summed E-state index contributed by atoms with van der Waals surface area (Å²) in [4.78, 5) is 25.6. The maximum atomic E-state index is 13.0. The molecule has 0 amide bonds. The number of fused-ring (bicyclic) bond motifs is 1. The summed E-state index contributed by atoms with van der Waals surface area (Å²) in [5, 5.41) is 3.56. The summed E-state index contributed by atoms with van der Waals surface area (Å²) in [7, 11) is 0. The summed E-state index contributed by atoms with van der Waals surface area (Å²) in [6.07, 6.45) is 16.3. The first-order chi connectivity index (χ1) is 14.2. The number of carbonyl (C=O) groups excluding carboxylic acids is 2. The molecule has 160 valence electrons. The maximum Gasteiger partial charge on any atom is 0.191 e. The second kappa shape index (κ2) is 13.5. The van der Waals surface area contributed by atoms with Crippen molar-refractivity contribution in [3.8, 4) is 0 Å². The van der Waals surface area contributed by atoms with Gasteiger partial charge in [-0.15, -0.1) is 0 Å². The highest BCUT2D eigenvalue weighted by Crippen LogP contribution is 2.25. The molecule has 1 aliphatic rings. The molecule has 0 saturated carbocycles. The quantitative estimate of drug-likeness (QED) is 0.336. The number of allylic oxidation sites excluding steroid dienone is 1. The molecular weight excluding hydrogens is 358 g/mol. The summed E-state index contributed by atoms with van der Waals surface area (Å²) >= 11 is 0. The van der Waals surface area contributed by atoms with Gasteiger partial charge in [0.2, 0.25) is 0 Å². The van der Waals surface area contributed by atoms with Gasteiger partial charge in [-0.25, -0.2) is 0 Å². The normalized spacial score (nSPS) is 14.6. The number of hydrogen-bond donors (Lipinski definition) is 1. The van der Waals surface area contributed by atoms with Gasteiger partial charge in [0, 0.05) is 22.7 Å². The van der Waals surface area contributed by atoms with Crippen LogP contribution in [-0.2, 0) is 0 Å². The van der Waals surface area contributed by atoms with Gasteiger partial charge in [0.25, 0.3) is 0 Å². The van der Waals surface area contributed by atoms with Crippen LogP contribution in [0.4, 0.5) is 0 Å². The van der Waals surface area contributed by atoms with E-state index in [4.69, 9.17) is 0 Å². The van der Waals surface area contributed by atoms with E-state index in [1.807, 2.05) is 12.1 Å². The van der Waals surface area contributed by atoms with Crippen molar-refractivity contribution in [2.45, 2.75) is 96.9 Å². The lowest BCUT2D eigenvalue weighted by atomic mass is 9.84. The highest BCUT2D eigenvalue weighted by atomic mass is 16.1. The summed E-state index contributed by atoms with van der Waals surface area (Å²) in [6.45, 7) is 5.31. The lowest BCUT2D eigenvalue weighted by Gasteiger charge is -2.24. The Morgan fingerprint density at radius 3 is 2.00 bits per heavy atom. The van der Waals surface area contributed by atoms with E-state index in [0.717, 1.165) is 32.2 Å². The van der Waals surface area contributed by atoms with Crippen molar-refractivity contribution in [3.05, 3.63) is 47.0 Å². The van der Waals surface area contributed by atoms with Crippen LogP contribution in [0.15, 0.2) is 35.9 Å². The molecule has 2 rings (SSSR count). The molecule has 3 heteroatoms. The van der Waals surface area contributed by atoms with Crippen molar-refractivity contribution < 1.29 is 9.59 Å². The van der Waals surface area contributed by atoms with E-state index in [1.165, 1.54) is 51.4 Å². The van der Waals surface area contributed by atoms with E-state index >= 15 is 0 Å². The molecule has 0 aliphatic heterocycles. The van der Waals surface area contributed by atoms with Crippen LogP contribution in [0, 0.1) is 0 Å². The van der Waals surface area contributed by atoms with Crippen molar-refractivity contribution in [3.63, 3.8) is 0 Å². The van der Waals surface area contributed by atoms with Gasteiger partial charge < -0.3 is 5.32 Å². The second-order valence-corrected chi connectivity index (χ2v) is 8.32. The number of benzene rings is 1. The Kier molecular flexibility index (Phi) is 10.9. The lowest BCUT2D eigenvalue weighted by Crippen LogP contribution is -2.36. The van der Waals surface area contributed by atoms with Crippen LogP contribution in [-0.4, -0.2) is 24.2 Å². The molecule has 0 bridgehead atoms. The standard InChI is InChI=1S/C26H39NO2/c1-3-5-7-8-9-10-11-12-13-18-24(27-19-6-4-2)23-20-25(28)21-16-14-15-17-22(21)26(23)29/h14-17,20,24,27H,3-13,18-19H2,1-2H3. The number of ketones is 2. The summed E-state index contributed by atoms with van der Waals surface area (Å²) in [5.74, 6) is -0.0188. The SMILES string of the molecule is CCCCCCCCCCCC(NCCCC)C1=CC(=O)c2ccccc2C1=O. The minimum atomic E-state index is -0.0374. The average molecular weight is 398 g/mol. The average Bonchev–Trinajstić information content (AvgIpc) is 2.74. The predicted octanol–water partition coefficient (Wildman–Crippen LogP) is 6.67. The molecule has 29 heavy (non-hydrogen) atoms. The summed E-state index contributed by atoms with van der Waals surface area (Å²) in [6, 6.07) is 7.18. The fraction of sp³-hybridized carbons (Fsp3) is 0.615. The molecule has 1 aliphatic carbocycles. The van der Waals surface area contributed by atoms with Crippen molar-refractivity contribution in [2.75, 3.05) is 6.54 Å². The zero-order chi connectivity index (χ0) is 20.9. The zero-order valence-corrected chi connectivity index (χ0v) is 18.5. The van der Waals surface area contributed by atoms with Crippen molar-refractivity contribution in [1.29, 1.82) is 0 Å². The molecule has 1 aromatic carbocycles. The molecule has 0 fully saturated rings. The molecule has 0 radical (unpaired) electrons. The van der Waals surface area contributed by atoms with Crippen molar-refractivity contribution in [1.82, 2.24) is 5.32 Å². The zero-order valence-electron chi connectivity index (χ0n) is 18.5. The van der Waals surface area contributed by atoms with Gasteiger partial charge in [-0.1, -0.05) is 102 Å².